The van der Waals surface area contributed by atoms with Gasteiger partial charge in [0.15, 0.2) is 0 Å². The van der Waals surface area contributed by atoms with Crippen molar-refractivity contribution in [3.8, 4) is 0 Å². The Balaban J connectivity index is 1.54. The van der Waals surface area contributed by atoms with Crippen LogP contribution in [0.15, 0.2) is 46.3 Å². The number of nitrogens with zero attached hydrogens (tertiary/aromatic N) is 2. The molecule has 1 atom stereocenters. The molecule has 0 aromatic carbocycles. The average Bonchev–Trinajstić information content (AvgIpc) is 3.06. The molecule has 2 saturated heterocycles. The lowest BCUT2D eigenvalue weighted by atomic mass is 10.0. The third-order valence-corrected chi connectivity index (χ3v) is 6.06. The van der Waals surface area contributed by atoms with E-state index in [1.54, 1.807) is 23.1 Å². The van der Waals surface area contributed by atoms with Gasteiger partial charge in [0.2, 0.25) is 0 Å². The number of hydrogen-bond acceptors (Lipinski definition) is 7. The highest BCUT2D eigenvalue weighted by Crippen LogP contribution is 2.37. The van der Waals surface area contributed by atoms with Gasteiger partial charge in [0.25, 0.3) is 16.0 Å². The van der Waals surface area contributed by atoms with Crippen LogP contribution in [0.5, 0.6) is 0 Å². The van der Waals surface area contributed by atoms with Crippen LogP contribution in [0.1, 0.15) is 0 Å². The molecule has 0 spiro atoms. The minimum absolute atomic E-state index is 0.00339. The Labute approximate surface area is 158 Å². The summed E-state index contributed by atoms with van der Waals surface area (Å²) in [6.07, 6.45) is 6.75. The molecular weight excluding hydrogens is 370 g/mol. The van der Waals surface area contributed by atoms with Crippen LogP contribution in [0, 0.1) is 0 Å². The van der Waals surface area contributed by atoms with E-state index in [1.807, 2.05) is 6.08 Å². The van der Waals surface area contributed by atoms with Gasteiger partial charge < -0.3 is 20.9 Å². The SMILES string of the molecule is O=C(NCCN1CCNCC1)C1=CC2CNC3=CC=CC(=C1S(=O)(=O)O)N32. The van der Waals surface area contributed by atoms with Gasteiger partial charge in [0.05, 0.1) is 17.3 Å². The second-order valence-corrected chi connectivity index (χ2v) is 8.20. The first-order valence-electron chi connectivity index (χ1n) is 9.02. The molecule has 4 heterocycles. The molecule has 0 bridgehead atoms. The van der Waals surface area contributed by atoms with Crippen LogP contribution in [0.4, 0.5) is 0 Å². The molecule has 0 aromatic rings. The second kappa shape index (κ2) is 7.12. The second-order valence-electron chi connectivity index (χ2n) is 6.85. The van der Waals surface area contributed by atoms with Gasteiger partial charge in [-0.2, -0.15) is 8.42 Å². The highest BCUT2D eigenvalue weighted by atomic mass is 32.2. The molecule has 146 valence electrons. The van der Waals surface area contributed by atoms with E-state index in [9.17, 15) is 17.8 Å². The van der Waals surface area contributed by atoms with Crippen LogP contribution in [-0.2, 0) is 14.9 Å². The minimum Gasteiger partial charge on any atom is -0.369 e. The molecule has 4 N–H and O–H groups in total. The van der Waals surface area contributed by atoms with E-state index in [2.05, 4.69) is 20.9 Å². The van der Waals surface area contributed by atoms with E-state index < -0.39 is 16.0 Å². The van der Waals surface area contributed by atoms with Crippen LogP contribution < -0.4 is 16.0 Å². The maximum absolute atomic E-state index is 12.7. The first kappa shape index (κ1) is 18.2. The lowest BCUT2D eigenvalue weighted by Gasteiger charge is -2.33. The highest BCUT2D eigenvalue weighted by Gasteiger charge is 2.41. The van der Waals surface area contributed by atoms with E-state index in [1.165, 1.54) is 0 Å². The predicted molar refractivity (Wildman–Crippen MR) is 99.8 cm³/mol. The van der Waals surface area contributed by atoms with Crippen molar-refractivity contribution in [2.45, 2.75) is 6.04 Å². The van der Waals surface area contributed by atoms with Gasteiger partial charge in [0.1, 0.15) is 10.7 Å². The average molecular weight is 393 g/mol. The zero-order valence-electron chi connectivity index (χ0n) is 14.8. The molecule has 0 saturated carbocycles. The van der Waals surface area contributed by atoms with Crippen molar-refractivity contribution in [1.29, 1.82) is 0 Å². The number of hydrogen-bond donors (Lipinski definition) is 4. The monoisotopic (exact) mass is 393 g/mol. The Morgan fingerprint density at radius 3 is 2.85 bits per heavy atom. The summed E-state index contributed by atoms with van der Waals surface area (Å²) < 4.78 is 33.9. The molecule has 9 nitrogen and oxygen atoms in total. The third-order valence-electron chi connectivity index (χ3n) is 5.11. The number of nitrogens with one attached hydrogen (secondary N) is 3. The molecule has 27 heavy (non-hydrogen) atoms. The quantitative estimate of drug-likeness (QED) is 0.428. The smallest absolute Gasteiger partial charge is 0.297 e. The molecule has 0 aliphatic carbocycles. The minimum atomic E-state index is -4.57. The van der Waals surface area contributed by atoms with Crippen molar-refractivity contribution in [3.05, 3.63) is 46.3 Å². The Morgan fingerprint density at radius 2 is 2.11 bits per heavy atom. The molecule has 1 amide bonds. The van der Waals surface area contributed by atoms with Crippen molar-refractivity contribution < 1.29 is 17.8 Å². The summed E-state index contributed by atoms with van der Waals surface area (Å²) >= 11 is 0. The van der Waals surface area contributed by atoms with Crippen LogP contribution in [0.2, 0.25) is 0 Å². The third kappa shape index (κ3) is 3.53. The van der Waals surface area contributed by atoms with Gasteiger partial charge in [0, 0.05) is 45.8 Å². The normalized spacial score (nSPS) is 24.9. The molecule has 0 radical (unpaired) electrons. The van der Waals surface area contributed by atoms with Crippen molar-refractivity contribution in [2.24, 2.45) is 0 Å². The fraction of sp³-hybridized carbons (Fsp3) is 0.471. The van der Waals surface area contributed by atoms with Crippen molar-refractivity contribution in [1.82, 2.24) is 25.8 Å². The maximum Gasteiger partial charge on any atom is 0.297 e. The zero-order chi connectivity index (χ0) is 19.0. The molecule has 4 aliphatic rings. The van der Waals surface area contributed by atoms with E-state index in [0.29, 0.717) is 25.3 Å². The van der Waals surface area contributed by atoms with Gasteiger partial charge in [-0.1, -0.05) is 6.08 Å². The standard InChI is InChI=1S/C17H23N5O4S/c23-17(19-6-9-21-7-4-18-5-8-21)13-10-12-11-20-15-3-1-2-14(22(12)15)16(13)27(24,25)26/h1-3,10,12,18,20H,4-9,11H2,(H,19,23)(H,24,25,26). The number of rotatable bonds is 5. The van der Waals surface area contributed by atoms with E-state index in [4.69, 9.17) is 0 Å². The van der Waals surface area contributed by atoms with Gasteiger partial charge in [-0.25, -0.2) is 0 Å². The number of carbonyl (C=O) groups is 1. The first-order valence-corrected chi connectivity index (χ1v) is 10.5. The Kier molecular flexibility index (Phi) is 4.81. The van der Waals surface area contributed by atoms with Gasteiger partial charge in [-0.3, -0.25) is 14.2 Å². The summed E-state index contributed by atoms with van der Waals surface area (Å²) in [5, 5.41) is 9.25. The predicted octanol–water partition coefficient (Wildman–Crippen LogP) is -1.27. The van der Waals surface area contributed by atoms with Crippen LogP contribution >= 0.6 is 0 Å². The fourth-order valence-corrected chi connectivity index (χ4v) is 4.72. The van der Waals surface area contributed by atoms with Gasteiger partial charge >= 0.3 is 0 Å². The lowest BCUT2D eigenvalue weighted by molar-refractivity contribution is -0.117. The summed E-state index contributed by atoms with van der Waals surface area (Å²) in [7, 11) is -4.57. The number of piperazine rings is 1. The topological polar surface area (TPSA) is 114 Å². The van der Waals surface area contributed by atoms with Crippen LogP contribution in [-0.4, -0.2) is 80.5 Å². The summed E-state index contributed by atoms with van der Waals surface area (Å²) in [5.41, 5.74) is 0.323. The van der Waals surface area contributed by atoms with Crippen LogP contribution in [0.25, 0.3) is 0 Å². The van der Waals surface area contributed by atoms with Gasteiger partial charge in [-0.15, -0.1) is 0 Å². The highest BCUT2D eigenvalue weighted by molar-refractivity contribution is 7.90. The van der Waals surface area contributed by atoms with Crippen molar-refractivity contribution >= 4 is 16.0 Å². The lowest BCUT2D eigenvalue weighted by Crippen LogP contribution is -2.46. The van der Waals surface area contributed by atoms with E-state index in [0.717, 1.165) is 32.0 Å². The van der Waals surface area contributed by atoms with Crippen LogP contribution in [0.3, 0.4) is 0 Å². The zero-order valence-corrected chi connectivity index (χ0v) is 15.6. The molecule has 10 heteroatoms. The summed E-state index contributed by atoms with van der Waals surface area (Å²) in [5.74, 6) is 0.273. The molecule has 4 rings (SSSR count). The Bertz CT molecular complexity index is 868. The molecular formula is C17H23N5O4S. The number of allylic oxidation sites excluding steroid dienone is 3. The van der Waals surface area contributed by atoms with Crippen molar-refractivity contribution in [3.63, 3.8) is 0 Å². The largest absolute Gasteiger partial charge is 0.369 e. The van der Waals surface area contributed by atoms with E-state index >= 15 is 0 Å². The Hall–Kier alpha value is -2.14. The maximum atomic E-state index is 12.7. The number of amides is 1. The summed E-state index contributed by atoms with van der Waals surface area (Å²) in [6, 6.07) is -0.171. The summed E-state index contributed by atoms with van der Waals surface area (Å²) in [6.45, 7) is 5.35. The van der Waals surface area contributed by atoms with Crippen molar-refractivity contribution in [2.75, 3.05) is 45.8 Å². The molecule has 1 unspecified atom stereocenters. The molecule has 0 aromatic heterocycles. The first-order chi connectivity index (χ1) is 12.9. The fourth-order valence-electron chi connectivity index (χ4n) is 3.85. The number of carbonyl (C=O) groups excluding carboxylic acids is 1. The van der Waals surface area contributed by atoms with E-state index in [-0.39, 0.29) is 16.5 Å². The summed E-state index contributed by atoms with van der Waals surface area (Å²) in [4.78, 5) is 16.4. The molecule has 4 aliphatic heterocycles. The van der Waals surface area contributed by atoms with Gasteiger partial charge in [-0.05, 0) is 18.2 Å². The molecule has 2 fully saturated rings. The Morgan fingerprint density at radius 1 is 1.33 bits per heavy atom.